The van der Waals surface area contributed by atoms with Gasteiger partial charge in [-0.25, -0.2) is 4.39 Å². The highest BCUT2D eigenvalue weighted by Crippen LogP contribution is 2.18. The van der Waals surface area contributed by atoms with E-state index in [0.717, 1.165) is 12.8 Å². The summed E-state index contributed by atoms with van der Waals surface area (Å²) in [6.45, 7) is 0.182. The Labute approximate surface area is 105 Å². The van der Waals surface area contributed by atoms with E-state index in [4.69, 9.17) is 11.6 Å². The molecule has 0 bridgehead atoms. The van der Waals surface area contributed by atoms with Crippen LogP contribution < -0.4 is 5.32 Å². The third-order valence-corrected chi connectivity index (χ3v) is 3.37. The fraction of sp³-hybridized carbons (Fsp3) is 0.462. The summed E-state index contributed by atoms with van der Waals surface area (Å²) in [6.07, 6.45) is 4.62. The van der Waals surface area contributed by atoms with Crippen molar-refractivity contribution >= 4 is 17.4 Å². The van der Waals surface area contributed by atoms with Gasteiger partial charge < -0.3 is 5.32 Å². The third-order valence-electron chi connectivity index (χ3n) is 3.14. The molecule has 1 aliphatic carbocycles. The van der Waals surface area contributed by atoms with Gasteiger partial charge in [-0.1, -0.05) is 24.4 Å². The first-order chi connectivity index (χ1) is 8.16. The zero-order chi connectivity index (χ0) is 12.3. The lowest BCUT2D eigenvalue weighted by atomic mass is 10.1. The highest BCUT2D eigenvalue weighted by atomic mass is 35.5. The van der Waals surface area contributed by atoms with Crippen molar-refractivity contribution in [3.05, 3.63) is 34.6 Å². The Hall–Kier alpha value is -0.930. The van der Waals surface area contributed by atoms with Crippen molar-refractivity contribution < 1.29 is 9.18 Å². The second-order valence-electron chi connectivity index (χ2n) is 4.41. The molecule has 0 atom stereocenters. The highest BCUT2D eigenvalue weighted by Gasteiger charge is 2.17. The van der Waals surface area contributed by atoms with Crippen LogP contribution in [-0.2, 0) is 0 Å². The van der Waals surface area contributed by atoms with Crippen molar-refractivity contribution in [2.45, 2.75) is 31.7 Å². The topological polar surface area (TPSA) is 29.1 Å². The van der Waals surface area contributed by atoms with Crippen LogP contribution >= 0.6 is 11.6 Å². The SMILES string of the molecule is O=C(CNC1CCCC1)c1cc(Cl)ccc1F. The fourth-order valence-corrected chi connectivity index (χ4v) is 2.35. The lowest BCUT2D eigenvalue weighted by molar-refractivity contribution is 0.0983. The number of rotatable bonds is 4. The highest BCUT2D eigenvalue weighted by molar-refractivity contribution is 6.31. The Bertz CT molecular complexity index is 416. The minimum absolute atomic E-state index is 0.0722. The molecule has 0 saturated heterocycles. The minimum atomic E-state index is -0.507. The van der Waals surface area contributed by atoms with Crippen LogP contribution in [0.1, 0.15) is 36.0 Å². The van der Waals surface area contributed by atoms with E-state index in [1.165, 1.54) is 31.0 Å². The van der Waals surface area contributed by atoms with Gasteiger partial charge in [-0.2, -0.15) is 0 Å². The van der Waals surface area contributed by atoms with Crippen LogP contribution in [0, 0.1) is 5.82 Å². The molecule has 1 aromatic rings. The number of carbonyl (C=O) groups is 1. The summed E-state index contributed by atoms with van der Waals surface area (Å²) in [5.74, 6) is -0.746. The maximum Gasteiger partial charge on any atom is 0.179 e. The van der Waals surface area contributed by atoms with E-state index in [0.29, 0.717) is 11.1 Å². The minimum Gasteiger partial charge on any atom is -0.307 e. The number of carbonyl (C=O) groups excluding carboxylic acids is 1. The Balaban J connectivity index is 1.96. The Morgan fingerprint density at radius 1 is 1.41 bits per heavy atom. The standard InChI is InChI=1S/C13H15ClFNO/c14-9-5-6-12(15)11(7-9)13(17)8-16-10-3-1-2-4-10/h5-7,10,16H,1-4,8H2. The first kappa shape index (κ1) is 12.5. The molecule has 92 valence electrons. The average molecular weight is 256 g/mol. The van der Waals surface area contributed by atoms with E-state index in [2.05, 4.69) is 5.32 Å². The van der Waals surface area contributed by atoms with Gasteiger partial charge in [0.2, 0.25) is 0 Å². The number of hydrogen-bond acceptors (Lipinski definition) is 2. The van der Waals surface area contributed by atoms with E-state index < -0.39 is 5.82 Å². The van der Waals surface area contributed by atoms with Gasteiger partial charge >= 0.3 is 0 Å². The average Bonchev–Trinajstić information content (AvgIpc) is 2.82. The molecule has 2 nitrogen and oxygen atoms in total. The van der Waals surface area contributed by atoms with E-state index in [9.17, 15) is 9.18 Å². The zero-order valence-corrected chi connectivity index (χ0v) is 10.3. The van der Waals surface area contributed by atoms with Crippen molar-refractivity contribution in [3.63, 3.8) is 0 Å². The van der Waals surface area contributed by atoms with Gasteiger partial charge in [0.25, 0.3) is 0 Å². The Morgan fingerprint density at radius 3 is 2.82 bits per heavy atom. The molecule has 0 amide bonds. The molecule has 0 aromatic heterocycles. The smallest absolute Gasteiger partial charge is 0.179 e. The summed E-state index contributed by atoms with van der Waals surface area (Å²) in [6, 6.07) is 4.46. The van der Waals surface area contributed by atoms with Crippen molar-refractivity contribution in [3.8, 4) is 0 Å². The number of benzene rings is 1. The molecular formula is C13H15ClFNO. The van der Waals surface area contributed by atoms with Gasteiger partial charge in [0, 0.05) is 11.1 Å². The molecule has 1 N–H and O–H groups in total. The Kier molecular flexibility index (Phi) is 4.13. The summed E-state index contributed by atoms with van der Waals surface area (Å²) in [4.78, 5) is 11.8. The van der Waals surface area contributed by atoms with Gasteiger partial charge in [-0.15, -0.1) is 0 Å². The zero-order valence-electron chi connectivity index (χ0n) is 9.51. The summed E-state index contributed by atoms with van der Waals surface area (Å²) in [5.41, 5.74) is 0.0722. The second kappa shape index (κ2) is 5.61. The molecule has 4 heteroatoms. The van der Waals surface area contributed by atoms with Crippen LogP contribution in [0.4, 0.5) is 4.39 Å². The maximum atomic E-state index is 13.4. The molecule has 0 radical (unpaired) electrons. The van der Waals surface area contributed by atoms with E-state index >= 15 is 0 Å². The predicted octanol–water partition coefficient (Wildman–Crippen LogP) is 3.19. The summed E-state index contributed by atoms with van der Waals surface area (Å²) in [7, 11) is 0. The van der Waals surface area contributed by atoms with Crippen molar-refractivity contribution in [1.29, 1.82) is 0 Å². The first-order valence-electron chi connectivity index (χ1n) is 5.88. The fourth-order valence-electron chi connectivity index (χ4n) is 2.17. The second-order valence-corrected chi connectivity index (χ2v) is 4.85. The molecule has 0 unspecified atom stereocenters. The van der Waals surface area contributed by atoms with Gasteiger partial charge in [0.05, 0.1) is 12.1 Å². The predicted molar refractivity (Wildman–Crippen MR) is 66.0 cm³/mol. The number of Topliss-reactive ketones (excluding diaryl/α,β-unsaturated/α-hetero) is 1. The Morgan fingerprint density at radius 2 is 2.12 bits per heavy atom. The molecule has 17 heavy (non-hydrogen) atoms. The van der Waals surface area contributed by atoms with Gasteiger partial charge in [-0.3, -0.25) is 4.79 Å². The van der Waals surface area contributed by atoms with Crippen LogP contribution in [0.3, 0.4) is 0 Å². The van der Waals surface area contributed by atoms with E-state index in [1.54, 1.807) is 0 Å². The molecular weight excluding hydrogens is 241 g/mol. The summed E-state index contributed by atoms with van der Waals surface area (Å²) >= 11 is 5.75. The van der Waals surface area contributed by atoms with E-state index in [1.807, 2.05) is 0 Å². The van der Waals surface area contributed by atoms with Crippen molar-refractivity contribution in [2.75, 3.05) is 6.54 Å². The largest absolute Gasteiger partial charge is 0.307 e. The van der Waals surface area contributed by atoms with Gasteiger partial charge in [0.1, 0.15) is 5.82 Å². The number of ketones is 1. The van der Waals surface area contributed by atoms with Crippen molar-refractivity contribution in [1.82, 2.24) is 5.32 Å². The third kappa shape index (κ3) is 3.27. The molecule has 1 fully saturated rings. The maximum absolute atomic E-state index is 13.4. The van der Waals surface area contributed by atoms with Crippen molar-refractivity contribution in [2.24, 2.45) is 0 Å². The number of nitrogens with one attached hydrogen (secondary N) is 1. The van der Waals surface area contributed by atoms with Crippen LogP contribution in [0.15, 0.2) is 18.2 Å². The lowest BCUT2D eigenvalue weighted by Crippen LogP contribution is -2.31. The van der Waals surface area contributed by atoms with E-state index in [-0.39, 0.29) is 17.9 Å². The lowest BCUT2D eigenvalue weighted by Gasteiger charge is -2.11. The summed E-state index contributed by atoms with van der Waals surface area (Å²) < 4.78 is 13.4. The molecule has 1 saturated carbocycles. The molecule has 2 rings (SSSR count). The van der Waals surface area contributed by atoms with Crippen LogP contribution in [-0.4, -0.2) is 18.4 Å². The monoisotopic (exact) mass is 255 g/mol. The molecule has 1 aliphatic rings. The normalized spacial score (nSPS) is 16.4. The molecule has 0 aliphatic heterocycles. The van der Waals surface area contributed by atoms with Gasteiger partial charge in [-0.05, 0) is 31.0 Å². The number of halogens is 2. The molecule has 0 heterocycles. The first-order valence-corrected chi connectivity index (χ1v) is 6.26. The molecule has 0 spiro atoms. The molecule has 1 aromatic carbocycles. The van der Waals surface area contributed by atoms with Crippen LogP contribution in [0.2, 0.25) is 5.02 Å². The quantitative estimate of drug-likeness (QED) is 0.838. The summed E-state index contributed by atoms with van der Waals surface area (Å²) in [5, 5.41) is 3.55. The van der Waals surface area contributed by atoms with Crippen LogP contribution in [0.25, 0.3) is 0 Å². The number of hydrogen-bond donors (Lipinski definition) is 1. The van der Waals surface area contributed by atoms with Crippen LogP contribution in [0.5, 0.6) is 0 Å². The van der Waals surface area contributed by atoms with Gasteiger partial charge in [0.15, 0.2) is 5.78 Å².